The van der Waals surface area contributed by atoms with Crippen molar-refractivity contribution >= 4 is 17.4 Å². The minimum atomic E-state index is -0.118. The standard InChI is InChI=1S/C22H23N3O4/c1-14-10-19(16(3)25(14)21-11-15(2)29-23-21)20(26)13-28-18-7-4-6-17(12-18)24-9-5-8-22(24)27/h4,6-7,10-12H,5,8-9,13H2,1-3H3. The SMILES string of the molecule is Cc1cc(-n2c(C)cc(C(=O)COc3cccc(N4CCCC4=O)c3)c2C)no1. The van der Waals surface area contributed by atoms with Gasteiger partial charge < -0.3 is 14.2 Å². The zero-order chi connectivity index (χ0) is 20.5. The fourth-order valence-corrected chi connectivity index (χ4v) is 3.75. The molecule has 3 aromatic rings. The van der Waals surface area contributed by atoms with Crippen molar-refractivity contribution in [3.63, 3.8) is 0 Å². The van der Waals surface area contributed by atoms with Gasteiger partial charge in [0, 0.05) is 47.7 Å². The van der Waals surface area contributed by atoms with Gasteiger partial charge >= 0.3 is 0 Å². The highest BCUT2D eigenvalue weighted by Gasteiger charge is 2.22. The van der Waals surface area contributed by atoms with Crippen molar-refractivity contribution in [2.75, 3.05) is 18.1 Å². The molecule has 0 N–H and O–H groups in total. The Bertz CT molecular complexity index is 1080. The number of ether oxygens (including phenoxy) is 1. The zero-order valence-electron chi connectivity index (χ0n) is 16.8. The van der Waals surface area contributed by atoms with E-state index in [0.717, 1.165) is 23.5 Å². The lowest BCUT2D eigenvalue weighted by atomic mass is 10.1. The quantitative estimate of drug-likeness (QED) is 0.596. The summed E-state index contributed by atoms with van der Waals surface area (Å²) < 4.78 is 12.8. The topological polar surface area (TPSA) is 77.6 Å². The molecule has 29 heavy (non-hydrogen) atoms. The molecule has 1 aromatic carbocycles. The number of hydrogen-bond acceptors (Lipinski definition) is 5. The molecule has 0 spiro atoms. The average molecular weight is 393 g/mol. The number of anilines is 1. The first-order chi connectivity index (χ1) is 13.9. The molecule has 2 aromatic heterocycles. The normalized spacial score (nSPS) is 13.9. The molecule has 7 heteroatoms. The number of carbonyl (C=O) groups excluding carboxylic acids is 2. The third kappa shape index (κ3) is 3.68. The number of Topliss-reactive ketones (excluding diaryl/α,β-unsaturated/α-hetero) is 1. The van der Waals surface area contributed by atoms with Gasteiger partial charge in [-0.15, -0.1) is 0 Å². The van der Waals surface area contributed by atoms with Crippen LogP contribution in [0.25, 0.3) is 5.82 Å². The van der Waals surface area contributed by atoms with Crippen molar-refractivity contribution in [3.05, 3.63) is 59.1 Å². The zero-order valence-corrected chi connectivity index (χ0v) is 16.8. The highest BCUT2D eigenvalue weighted by Crippen LogP contribution is 2.26. The second kappa shape index (κ2) is 7.58. The summed E-state index contributed by atoms with van der Waals surface area (Å²) in [6.45, 7) is 6.26. The average Bonchev–Trinajstić information content (AvgIpc) is 3.39. The van der Waals surface area contributed by atoms with E-state index in [-0.39, 0.29) is 18.3 Å². The van der Waals surface area contributed by atoms with Crippen molar-refractivity contribution in [3.8, 4) is 11.6 Å². The molecule has 0 saturated carbocycles. The maximum absolute atomic E-state index is 12.8. The molecule has 1 aliphatic rings. The fourth-order valence-electron chi connectivity index (χ4n) is 3.75. The third-order valence-corrected chi connectivity index (χ3v) is 5.15. The van der Waals surface area contributed by atoms with Crippen molar-refractivity contribution in [1.82, 2.24) is 9.72 Å². The van der Waals surface area contributed by atoms with Crippen LogP contribution in [-0.4, -0.2) is 34.6 Å². The van der Waals surface area contributed by atoms with Crippen LogP contribution in [0.4, 0.5) is 5.69 Å². The van der Waals surface area contributed by atoms with E-state index in [1.165, 1.54) is 0 Å². The molecule has 0 bridgehead atoms. The fraction of sp³-hybridized carbons (Fsp3) is 0.318. The first kappa shape index (κ1) is 19.0. The number of aryl methyl sites for hydroxylation is 2. The number of hydrogen-bond donors (Lipinski definition) is 0. The number of aromatic nitrogens is 2. The molecule has 7 nitrogen and oxygen atoms in total. The lowest BCUT2D eigenvalue weighted by Crippen LogP contribution is -2.23. The minimum absolute atomic E-state index is 0.0838. The Morgan fingerprint density at radius 3 is 2.72 bits per heavy atom. The molecule has 1 aliphatic heterocycles. The van der Waals surface area contributed by atoms with Crippen LogP contribution in [0.3, 0.4) is 0 Å². The van der Waals surface area contributed by atoms with Gasteiger partial charge in [0.1, 0.15) is 11.5 Å². The molecule has 0 atom stereocenters. The Kier molecular flexibility index (Phi) is 4.96. The van der Waals surface area contributed by atoms with Crippen LogP contribution in [0.15, 0.2) is 40.9 Å². The molecule has 1 fully saturated rings. The number of benzene rings is 1. The van der Waals surface area contributed by atoms with Crippen LogP contribution < -0.4 is 9.64 Å². The summed E-state index contributed by atoms with van der Waals surface area (Å²) >= 11 is 0. The van der Waals surface area contributed by atoms with Gasteiger partial charge in [-0.1, -0.05) is 11.2 Å². The highest BCUT2D eigenvalue weighted by molar-refractivity contribution is 5.99. The van der Waals surface area contributed by atoms with Gasteiger partial charge in [-0.25, -0.2) is 0 Å². The smallest absolute Gasteiger partial charge is 0.227 e. The highest BCUT2D eigenvalue weighted by atomic mass is 16.5. The van der Waals surface area contributed by atoms with Gasteiger partial charge in [-0.3, -0.25) is 14.2 Å². The molecular weight excluding hydrogens is 370 g/mol. The van der Waals surface area contributed by atoms with Crippen molar-refractivity contribution in [2.24, 2.45) is 0 Å². The van der Waals surface area contributed by atoms with E-state index < -0.39 is 0 Å². The lowest BCUT2D eigenvalue weighted by Gasteiger charge is -2.16. The Morgan fingerprint density at radius 1 is 1.21 bits per heavy atom. The molecule has 0 radical (unpaired) electrons. The van der Waals surface area contributed by atoms with Crippen LogP contribution in [0.1, 0.15) is 40.3 Å². The Balaban J connectivity index is 1.49. The molecule has 0 aliphatic carbocycles. The maximum Gasteiger partial charge on any atom is 0.227 e. The summed E-state index contributed by atoms with van der Waals surface area (Å²) in [6, 6.07) is 11.0. The number of carbonyl (C=O) groups is 2. The van der Waals surface area contributed by atoms with Crippen LogP contribution >= 0.6 is 0 Å². The van der Waals surface area contributed by atoms with Crippen molar-refractivity contribution in [1.29, 1.82) is 0 Å². The molecule has 3 heterocycles. The molecule has 150 valence electrons. The number of ketones is 1. The Labute approximate surface area is 168 Å². The third-order valence-electron chi connectivity index (χ3n) is 5.15. The second-order valence-electron chi connectivity index (χ2n) is 7.27. The summed E-state index contributed by atoms with van der Waals surface area (Å²) in [4.78, 5) is 26.5. The first-order valence-corrected chi connectivity index (χ1v) is 9.63. The van der Waals surface area contributed by atoms with Crippen molar-refractivity contribution in [2.45, 2.75) is 33.6 Å². The predicted molar refractivity (Wildman–Crippen MR) is 108 cm³/mol. The Hall–Kier alpha value is -3.35. The first-order valence-electron chi connectivity index (χ1n) is 9.63. The summed E-state index contributed by atoms with van der Waals surface area (Å²) in [6.07, 6.45) is 1.44. The lowest BCUT2D eigenvalue weighted by molar-refractivity contribution is -0.117. The summed E-state index contributed by atoms with van der Waals surface area (Å²) in [5, 5.41) is 4.04. The maximum atomic E-state index is 12.8. The van der Waals surface area contributed by atoms with E-state index in [2.05, 4.69) is 5.16 Å². The second-order valence-corrected chi connectivity index (χ2v) is 7.27. The van der Waals surface area contributed by atoms with E-state index in [1.54, 1.807) is 17.0 Å². The van der Waals surface area contributed by atoms with E-state index in [1.807, 2.05) is 49.6 Å². The van der Waals surface area contributed by atoms with Gasteiger partial charge in [-0.05, 0) is 45.4 Å². The number of amides is 1. The number of rotatable bonds is 6. The van der Waals surface area contributed by atoms with Gasteiger partial charge in [-0.2, -0.15) is 0 Å². The van der Waals surface area contributed by atoms with Crippen LogP contribution in [0, 0.1) is 20.8 Å². The predicted octanol–water partition coefficient (Wildman–Crippen LogP) is 3.78. The molecule has 1 amide bonds. The van der Waals surface area contributed by atoms with E-state index in [4.69, 9.17) is 9.26 Å². The van der Waals surface area contributed by atoms with Crippen molar-refractivity contribution < 1.29 is 18.8 Å². The van der Waals surface area contributed by atoms with Gasteiger partial charge in [0.05, 0.1) is 0 Å². The minimum Gasteiger partial charge on any atom is -0.485 e. The summed E-state index contributed by atoms with van der Waals surface area (Å²) in [5.74, 6) is 1.93. The van der Waals surface area contributed by atoms with Gasteiger partial charge in [0.2, 0.25) is 11.7 Å². The van der Waals surface area contributed by atoms with Crippen LogP contribution in [0.5, 0.6) is 5.75 Å². The van der Waals surface area contributed by atoms with Gasteiger partial charge in [0.15, 0.2) is 12.4 Å². The van der Waals surface area contributed by atoms with E-state index in [9.17, 15) is 9.59 Å². The van der Waals surface area contributed by atoms with Gasteiger partial charge in [0.25, 0.3) is 0 Å². The summed E-state index contributed by atoms with van der Waals surface area (Å²) in [5.41, 5.74) is 3.08. The Morgan fingerprint density at radius 2 is 2.03 bits per heavy atom. The van der Waals surface area contributed by atoms with Crippen LogP contribution in [0.2, 0.25) is 0 Å². The molecular formula is C22H23N3O4. The van der Waals surface area contributed by atoms with Crippen LogP contribution in [-0.2, 0) is 4.79 Å². The number of nitrogens with zero attached hydrogens (tertiary/aromatic N) is 3. The van der Waals surface area contributed by atoms with E-state index >= 15 is 0 Å². The molecule has 1 saturated heterocycles. The largest absolute Gasteiger partial charge is 0.485 e. The summed E-state index contributed by atoms with van der Waals surface area (Å²) in [7, 11) is 0. The van der Waals surface area contributed by atoms with E-state index in [0.29, 0.717) is 35.9 Å². The monoisotopic (exact) mass is 393 g/mol. The molecule has 0 unspecified atom stereocenters. The molecule has 4 rings (SSSR count).